The fourth-order valence-corrected chi connectivity index (χ4v) is 5.20. The number of thiocarbonyl (C=S) groups is 1. The van der Waals surface area contributed by atoms with Gasteiger partial charge in [0.2, 0.25) is 0 Å². The number of hydrogen-bond acceptors (Lipinski definition) is 5. The Balaban J connectivity index is 1.37. The van der Waals surface area contributed by atoms with Gasteiger partial charge in [0, 0.05) is 5.69 Å². The van der Waals surface area contributed by atoms with E-state index in [2.05, 4.69) is 79.0 Å². The van der Waals surface area contributed by atoms with E-state index in [9.17, 15) is 0 Å². The fraction of sp³-hybridized carbons (Fsp3) is 0.0741. The predicted molar refractivity (Wildman–Crippen MR) is 146 cm³/mol. The molecule has 0 amide bonds. The van der Waals surface area contributed by atoms with Crippen molar-refractivity contribution in [2.75, 3.05) is 4.90 Å². The monoisotopic (exact) mass is 488 g/mol. The molecule has 1 aliphatic rings. The Hall–Kier alpha value is -4.63. The molecular formula is C27H20N8S. The van der Waals surface area contributed by atoms with Gasteiger partial charge in [-0.15, -0.1) is 5.10 Å². The van der Waals surface area contributed by atoms with Gasteiger partial charge in [-0.25, -0.2) is 14.7 Å². The smallest absolute Gasteiger partial charge is 0.179 e. The molecule has 174 valence electrons. The molecule has 2 N–H and O–H groups in total. The number of nitrogens with one attached hydrogen (secondary N) is 2. The number of anilines is 1. The average molecular weight is 489 g/mol. The predicted octanol–water partition coefficient (Wildman–Crippen LogP) is 4.95. The van der Waals surface area contributed by atoms with Crippen molar-refractivity contribution in [1.82, 2.24) is 30.3 Å². The number of imidazole rings is 1. The Kier molecular flexibility index (Phi) is 4.74. The van der Waals surface area contributed by atoms with Crippen molar-refractivity contribution in [3.8, 4) is 0 Å². The van der Waals surface area contributed by atoms with Crippen LogP contribution in [-0.2, 0) is 6.67 Å². The molecule has 9 heteroatoms. The Morgan fingerprint density at radius 1 is 0.917 bits per heavy atom. The minimum Gasteiger partial charge on any atom is -0.345 e. The minimum atomic E-state index is -0.237. The molecule has 1 atom stereocenters. The second-order valence-corrected chi connectivity index (χ2v) is 9.02. The van der Waals surface area contributed by atoms with Crippen molar-refractivity contribution >= 4 is 61.7 Å². The standard InChI is InChI=1S/C27H20N8S/c36-27-31-26(30-16-34-24-11-4-3-10-22(24)32-33-34)25(20-9-5-7-17-6-1-2-8-19(17)20)35(27)18-12-13-21-23(14-18)29-15-28-21/h1-15,25H,16H2,(H,28,29)(H,30,31,36). The van der Waals surface area contributed by atoms with E-state index in [1.54, 1.807) is 11.0 Å². The number of benzene rings is 4. The van der Waals surface area contributed by atoms with Crippen LogP contribution >= 0.6 is 12.2 Å². The maximum absolute atomic E-state index is 5.87. The Labute approximate surface area is 211 Å². The number of aromatic nitrogens is 5. The van der Waals surface area contributed by atoms with Crippen molar-refractivity contribution in [2.24, 2.45) is 4.99 Å². The summed E-state index contributed by atoms with van der Waals surface area (Å²) < 4.78 is 1.80. The first-order valence-corrected chi connectivity index (χ1v) is 12.0. The van der Waals surface area contributed by atoms with Crippen molar-refractivity contribution in [3.63, 3.8) is 0 Å². The number of fused-ring (bicyclic) bond motifs is 3. The summed E-state index contributed by atoms with van der Waals surface area (Å²) in [7, 11) is 0. The molecule has 1 unspecified atom stereocenters. The van der Waals surface area contributed by atoms with Gasteiger partial charge in [0.1, 0.15) is 24.1 Å². The van der Waals surface area contributed by atoms with E-state index in [0.29, 0.717) is 11.8 Å². The molecule has 1 saturated heterocycles. The minimum absolute atomic E-state index is 0.237. The van der Waals surface area contributed by atoms with Crippen LogP contribution in [0.4, 0.5) is 5.69 Å². The normalized spacial score (nSPS) is 17.0. The maximum Gasteiger partial charge on any atom is 0.179 e. The summed E-state index contributed by atoms with van der Waals surface area (Å²) in [5.74, 6) is 0.764. The highest BCUT2D eigenvalue weighted by molar-refractivity contribution is 7.80. The van der Waals surface area contributed by atoms with Gasteiger partial charge in [0.25, 0.3) is 0 Å². The Morgan fingerprint density at radius 2 is 1.78 bits per heavy atom. The summed E-state index contributed by atoms with van der Waals surface area (Å²) in [6, 6.07) is 28.5. The quantitative estimate of drug-likeness (QED) is 0.342. The molecule has 8 nitrogen and oxygen atoms in total. The Morgan fingerprint density at radius 3 is 2.75 bits per heavy atom. The summed E-state index contributed by atoms with van der Waals surface area (Å²) in [5.41, 5.74) is 5.71. The van der Waals surface area contributed by atoms with Crippen LogP contribution in [-0.4, -0.2) is 35.9 Å². The van der Waals surface area contributed by atoms with Crippen molar-refractivity contribution in [1.29, 1.82) is 0 Å². The molecule has 1 aliphatic heterocycles. The van der Waals surface area contributed by atoms with E-state index < -0.39 is 0 Å². The van der Waals surface area contributed by atoms with E-state index in [0.717, 1.165) is 44.5 Å². The van der Waals surface area contributed by atoms with Crippen LogP contribution in [0.3, 0.4) is 0 Å². The zero-order valence-corrected chi connectivity index (χ0v) is 19.9. The third kappa shape index (κ3) is 3.32. The molecule has 0 spiro atoms. The van der Waals surface area contributed by atoms with Crippen LogP contribution < -0.4 is 10.2 Å². The largest absolute Gasteiger partial charge is 0.345 e. The van der Waals surface area contributed by atoms with Gasteiger partial charge < -0.3 is 15.2 Å². The van der Waals surface area contributed by atoms with Gasteiger partial charge in [-0.3, -0.25) is 0 Å². The SMILES string of the molecule is S=C1N/C(=N\Cn2nnc3ccccc32)C(c2cccc3ccccc23)N1c1ccc2nc[nH]c2c1. The lowest BCUT2D eigenvalue weighted by Crippen LogP contribution is -2.29. The number of rotatable bonds is 4. The number of aromatic amines is 1. The molecular weight excluding hydrogens is 468 g/mol. The third-order valence-corrected chi connectivity index (χ3v) is 6.86. The topological polar surface area (TPSA) is 87.0 Å². The second-order valence-electron chi connectivity index (χ2n) is 8.64. The molecule has 1 fully saturated rings. The number of H-pyrrole nitrogens is 1. The lowest BCUT2D eigenvalue weighted by atomic mass is 9.97. The van der Waals surface area contributed by atoms with Crippen LogP contribution in [0.2, 0.25) is 0 Å². The molecule has 0 radical (unpaired) electrons. The van der Waals surface area contributed by atoms with Crippen LogP contribution in [0.25, 0.3) is 32.8 Å². The first kappa shape index (κ1) is 20.7. The highest BCUT2D eigenvalue weighted by Crippen LogP contribution is 2.36. The molecule has 6 aromatic rings. The van der Waals surface area contributed by atoms with E-state index in [4.69, 9.17) is 17.2 Å². The zero-order chi connectivity index (χ0) is 24.1. The summed E-state index contributed by atoms with van der Waals surface area (Å²) in [4.78, 5) is 14.7. The number of amidine groups is 1. The average Bonchev–Trinajstić information content (AvgIpc) is 3.63. The first-order valence-electron chi connectivity index (χ1n) is 11.6. The van der Waals surface area contributed by atoms with E-state index in [1.807, 2.05) is 36.4 Å². The lowest BCUT2D eigenvalue weighted by Gasteiger charge is -2.26. The number of aliphatic imine (C=N–C) groups is 1. The van der Waals surface area contributed by atoms with Crippen molar-refractivity contribution in [2.45, 2.75) is 12.7 Å². The van der Waals surface area contributed by atoms with Crippen LogP contribution in [0.15, 0.2) is 96.2 Å². The first-order chi connectivity index (χ1) is 17.8. The summed E-state index contributed by atoms with van der Waals surface area (Å²) in [6.07, 6.45) is 1.70. The molecule has 0 saturated carbocycles. The molecule has 7 rings (SSSR count). The van der Waals surface area contributed by atoms with Crippen molar-refractivity contribution in [3.05, 3.63) is 96.8 Å². The van der Waals surface area contributed by atoms with E-state index >= 15 is 0 Å². The third-order valence-electron chi connectivity index (χ3n) is 6.57. The highest BCUT2D eigenvalue weighted by Gasteiger charge is 2.37. The van der Waals surface area contributed by atoms with Crippen molar-refractivity contribution < 1.29 is 0 Å². The molecule has 2 aromatic heterocycles. The van der Waals surface area contributed by atoms with Gasteiger partial charge in [0.05, 0.1) is 22.9 Å². The van der Waals surface area contributed by atoms with Gasteiger partial charge in [-0.05, 0) is 58.9 Å². The van der Waals surface area contributed by atoms with Gasteiger partial charge in [-0.2, -0.15) is 0 Å². The summed E-state index contributed by atoms with van der Waals surface area (Å²) >= 11 is 5.87. The number of hydrogen-bond donors (Lipinski definition) is 2. The molecule has 3 heterocycles. The number of nitrogens with zero attached hydrogens (tertiary/aromatic N) is 6. The van der Waals surface area contributed by atoms with E-state index in [1.165, 1.54) is 5.39 Å². The lowest BCUT2D eigenvalue weighted by molar-refractivity contribution is 0.626. The van der Waals surface area contributed by atoms with Crippen LogP contribution in [0, 0.1) is 0 Å². The molecule has 0 aliphatic carbocycles. The van der Waals surface area contributed by atoms with Crippen LogP contribution in [0.5, 0.6) is 0 Å². The number of para-hydroxylation sites is 1. The zero-order valence-electron chi connectivity index (χ0n) is 19.0. The second kappa shape index (κ2) is 8.24. The Bertz CT molecular complexity index is 1790. The highest BCUT2D eigenvalue weighted by atomic mass is 32.1. The van der Waals surface area contributed by atoms with Gasteiger partial charge in [0.15, 0.2) is 5.11 Å². The summed E-state index contributed by atoms with van der Waals surface area (Å²) in [5, 5.41) is 14.9. The van der Waals surface area contributed by atoms with Crippen LogP contribution in [0.1, 0.15) is 11.6 Å². The fourth-order valence-electron chi connectivity index (χ4n) is 4.88. The molecule has 36 heavy (non-hydrogen) atoms. The van der Waals surface area contributed by atoms with E-state index in [-0.39, 0.29) is 6.04 Å². The molecule has 4 aromatic carbocycles. The summed E-state index contributed by atoms with van der Waals surface area (Å²) in [6.45, 7) is 0.320. The van der Waals surface area contributed by atoms with Gasteiger partial charge in [-0.1, -0.05) is 59.8 Å². The maximum atomic E-state index is 5.87. The van der Waals surface area contributed by atoms with Gasteiger partial charge >= 0.3 is 0 Å². The molecule has 0 bridgehead atoms.